The van der Waals surface area contributed by atoms with Gasteiger partial charge in [0, 0.05) is 6.42 Å². The lowest BCUT2D eigenvalue weighted by molar-refractivity contribution is -0.139. The molecule has 0 spiro atoms. The van der Waals surface area contributed by atoms with Crippen LogP contribution in [0.25, 0.3) is 0 Å². The summed E-state index contributed by atoms with van der Waals surface area (Å²) in [5, 5.41) is 13.6. The Balaban J connectivity index is 2.58. The van der Waals surface area contributed by atoms with E-state index in [-0.39, 0.29) is 30.8 Å². The molecule has 3 amide bonds. The van der Waals surface area contributed by atoms with Crippen LogP contribution >= 0.6 is 0 Å². The normalized spacial score (nSPS) is 25.0. The van der Waals surface area contributed by atoms with E-state index >= 15 is 0 Å². The van der Waals surface area contributed by atoms with E-state index < -0.39 is 39.3 Å². The van der Waals surface area contributed by atoms with Crippen LogP contribution in [0.5, 0.6) is 0 Å². The molecular formula is C11H19N3O6S. The average molecular weight is 321 g/mol. The Morgan fingerprint density at radius 3 is 2.43 bits per heavy atom. The number of amides is 3. The predicted molar refractivity (Wildman–Crippen MR) is 73.2 cm³/mol. The molecule has 0 aromatic rings. The summed E-state index contributed by atoms with van der Waals surface area (Å²) in [5.41, 5.74) is 4.01. The zero-order chi connectivity index (χ0) is 16.3. The topological polar surface area (TPSA) is 156 Å². The molecule has 1 aliphatic heterocycles. The second kappa shape index (κ2) is 6.29. The molecule has 2 atom stereocenters. The van der Waals surface area contributed by atoms with Crippen molar-refractivity contribution in [3.8, 4) is 0 Å². The number of sulfone groups is 1. The molecule has 0 aromatic carbocycles. The Morgan fingerprint density at radius 1 is 1.38 bits per heavy atom. The molecule has 1 aliphatic rings. The molecule has 1 heterocycles. The number of hydrogen-bond donors (Lipinski definition) is 4. The first-order chi connectivity index (χ1) is 9.53. The quantitative estimate of drug-likeness (QED) is 0.470. The summed E-state index contributed by atoms with van der Waals surface area (Å²) in [5.74, 6) is -2.17. The van der Waals surface area contributed by atoms with Gasteiger partial charge in [0.2, 0.25) is 5.91 Å². The van der Waals surface area contributed by atoms with Crippen molar-refractivity contribution >= 4 is 27.7 Å². The summed E-state index contributed by atoms with van der Waals surface area (Å²) in [6, 6.07) is -2.05. The molecule has 0 aliphatic carbocycles. The van der Waals surface area contributed by atoms with E-state index in [9.17, 15) is 22.8 Å². The first-order valence-corrected chi connectivity index (χ1v) is 8.15. The second-order valence-corrected chi connectivity index (χ2v) is 7.58. The lowest BCUT2D eigenvalue weighted by Crippen LogP contribution is -2.54. The fourth-order valence-corrected chi connectivity index (χ4v) is 4.21. The zero-order valence-electron chi connectivity index (χ0n) is 11.6. The van der Waals surface area contributed by atoms with Gasteiger partial charge in [0.05, 0.1) is 17.0 Å². The van der Waals surface area contributed by atoms with Crippen molar-refractivity contribution < 1.29 is 27.9 Å². The molecule has 120 valence electrons. The van der Waals surface area contributed by atoms with Crippen LogP contribution in [0.15, 0.2) is 0 Å². The van der Waals surface area contributed by atoms with Gasteiger partial charge in [0.15, 0.2) is 9.84 Å². The van der Waals surface area contributed by atoms with Crippen molar-refractivity contribution in [2.45, 2.75) is 37.8 Å². The van der Waals surface area contributed by atoms with Crippen LogP contribution in [0.2, 0.25) is 0 Å². The number of carbonyl (C=O) groups is 3. The lowest BCUT2D eigenvalue weighted by Gasteiger charge is -2.25. The third-order valence-electron chi connectivity index (χ3n) is 3.20. The molecule has 0 bridgehead atoms. The number of primary amides is 1. The second-order valence-electron chi connectivity index (χ2n) is 5.40. The number of aliphatic carboxylic acids is 1. The van der Waals surface area contributed by atoms with Gasteiger partial charge in [0.1, 0.15) is 6.04 Å². The Labute approximate surface area is 122 Å². The van der Waals surface area contributed by atoms with Gasteiger partial charge < -0.3 is 21.5 Å². The van der Waals surface area contributed by atoms with E-state index in [0.29, 0.717) is 0 Å². The molecule has 1 unspecified atom stereocenters. The molecule has 0 radical (unpaired) electrons. The maximum absolute atomic E-state index is 11.8. The van der Waals surface area contributed by atoms with E-state index in [1.165, 1.54) is 0 Å². The fraction of sp³-hybridized carbons (Fsp3) is 0.727. The molecule has 5 N–H and O–H groups in total. The maximum Gasteiger partial charge on any atom is 0.326 e. The number of rotatable bonds is 6. The zero-order valence-corrected chi connectivity index (χ0v) is 12.4. The highest BCUT2D eigenvalue weighted by Crippen LogP contribution is 2.22. The number of carbonyl (C=O) groups excluding carboxylic acids is 2. The number of carboxylic acids is 1. The minimum absolute atomic E-state index is 0.0200. The van der Waals surface area contributed by atoms with E-state index in [2.05, 4.69) is 10.6 Å². The summed E-state index contributed by atoms with van der Waals surface area (Å²) in [6.07, 6.45) is -0.0439. The van der Waals surface area contributed by atoms with Crippen LogP contribution in [0, 0.1) is 0 Å². The molecule has 1 fully saturated rings. The van der Waals surface area contributed by atoms with Crippen LogP contribution in [-0.2, 0) is 19.4 Å². The molecular weight excluding hydrogens is 302 g/mol. The number of nitrogens with one attached hydrogen (secondary N) is 2. The SMILES string of the molecule is CC1(NC(=O)N[C@@H](CCC(N)=O)C(=O)O)CCS(=O)(=O)C1. The fourth-order valence-electron chi connectivity index (χ4n) is 2.12. The summed E-state index contributed by atoms with van der Waals surface area (Å²) in [6.45, 7) is 1.58. The van der Waals surface area contributed by atoms with Crippen LogP contribution in [-0.4, -0.2) is 54.5 Å². The minimum Gasteiger partial charge on any atom is -0.480 e. The van der Waals surface area contributed by atoms with Crippen molar-refractivity contribution in [1.82, 2.24) is 10.6 Å². The van der Waals surface area contributed by atoms with E-state index in [0.717, 1.165) is 0 Å². The van der Waals surface area contributed by atoms with E-state index in [1.54, 1.807) is 6.92 Å². The molecule has 0 aromatic heterocycles. The van der Waals surface area contributed by atoms with Crippen LogP contribution in [0.1, 0.15) is 26.2 Å². The van der Waals surface area contributed by atoms with Crippen LogP contribution in [0.4, 0.5) is 4.79 Å². The number of urea groups is 1. The number of nitrogens with two attached hydrogens (primary N) is 1. The third kappa shape index (κ3) is 5.58. The highest BCUT2D eigenvalue weighted by Gasteiger charge is 2.39. The van der Waals surface area contributed by atoms with Crippen molar-refractivity contribution in [2.24, 2.45) is 5.73 Å². The highest BCUT2D eigenvalue weighted by molar-refractivity contribution is 7.91. The van der Waals surface area contributed by atoms with Crippen LogP contribution < -0.4 is 16.4 Å². The Morgan fingerprint density at radius 2 is 2.00 bits per heavy atom. The summed E-state index contributed by atoms with van der Waals surface area (Å²) in [7, 11) is -3.19. The van der Waals surface area contributed by atoms with Crippen molar-refractivity contribution in [3.63, 3.8) is 0 Å². The molecule has 1 rings (SSSR count). The smallest absolute Gasteiger partial charge is 0.326 e. The average Bonchev–Trinajstić information content (AvgIpc) is 2.57. The van der Waals surface area contributed by atoms with E-state index in [1.807, 2.05) is 0 Å². The third-order valence-corrected chi connectivity index (χ3v) is 5.10. The van der Waals surface area contributed by atoms with Gasteiger partial charge in [-0.25, -0.2) is 18.0 Å². The van der Waals surface area contributed by atoms with Gasteiger partial charge in [0.25, 0.3) is 0 Å². The lowest BCUT2D eigenvalue weighted by atomic mass is 10.0. The highest BCUT2D eigenvalue weighted by atomic mass is 32.2. The van der Waals surface area contributed by atoms with E-state index in [4.69, 9.17) is 10.8 Å². The molecule has 9 nitrogen and oxygen atoms in total. The first-order valence-electron chi connectivity index (χ1n) is 6.33. The summed E-state index contributed by atoms with van der Waals surface area (Å²) < 4.78 is 22.8. The van der Waals surface area contributed by atoms with Gasteiger partial charge in [-0.1, -0.05) is 0 Å². The summed E-state index contributed by atoms with van der Waals surface area (Å²) >= 11 is 0. The summed E-state index contributed by atoms with van der Waals surface area (Å²) in [4.78, 5) is 33.4. The van der Waals surface area contributed by atoms with Crippen molar-refractivity contribution in [1.29, 1.82) is 0 Å². The molecule has 0 saturated carbocycles. The number of carboxylic acid groups (broad SMARTS) is 1. The number of hydrogen-bond acceptors (Lipinski definition) is 5. The first kappa shape index (κ1) is 17.2. The minimum atomic E-state index is -3.19. The van der Waals surface area contributed by atoms with Gasteiger partial charge in [-0.3, -0.25) is 4.79 Å². The Kier molecular flexibility index (Phi) is 5.15. The van der Waals surface area contributed by atoms with Gasteiger partial charge in [-0.05, 0) is 19.8 Å². The van der Waals surface area contributed by atoms with Crippen molar-refractivity contribution in [3.05, 3.63) is 0 Å². The maximum atomic E-state index is 11.8. The Bertz CT molecular complexity index is 546. The largest absolute Gasteiger partial charge is 0.480 e. The monoisotopic (exact) mass is 321 g/mol. The predicted octanol–water partition coefficient (Wildman–Crippen LogP) is -1.42. The van der Waals surface area contributed by atoms with Gasteiger partial charge in [-0.2, -0.15) is 0 Å². The standard InChI is InChI=1S/C11H19N3O6S/c1-11(4-5-21(19,20)6-11)14-10(18)13-7(9(16)17)2-3-8(12)15/h7H,2-6H2,1H3,(H2,12,15)(H,16,17)(H2,13,14,18)/t7-,11?/m0/s1. The van der Waals surface area contributed by atoms with Crippen LogP contribution in [0.3, 0.4) is 0 Å². The van der Waals surface area contributed by atoms with Gasteiger partial charge in [-0.15, -0.1) is 0 Å². The molecule has 1 saturated heterocycles. The van der Waals surface area contributed by atoms with Gasteiger partial charge >= 0.3 is 12.0 Å². The Hall–Kier alpha value is -1.84. The molecule has 21 heavy (non-hydrogen) atoms. The molecule has 10 heteroatoms. The van der Waals surface area contributed by atoms with Crippen molar-refractivity contribution in [2.75, 3.05) is 11.5 Å².